The summed E-state index contributed by atoms with van der Waals surface area (Å²) in [7, 11) is 1.52. The number of rotatable bonds is 4. The van der Waals surface area contributed by atoms with Gasteiger partial charge in [0.15, 0.2) is 5.78 Å². The van der Waals surface area contributed by atoms with E-state index in [4.69, 9.17) is 4.74 Å². The number of benzene rings is 1. The van der Waals surface area contributed by atoms with Crippen LogP contribution in [0.3, 0.4) is 0 Å². The molecule has 4 heteroatoms. The van der Waals surface area contributed by atoms with Gasteiger partial charge in [-0.25, -0.2) is 4.39 Å². The Bertz CT molecular complexity index is 534. The Balaban J connectivity index is 2.20. The molecule has 0 spiro atoms. The second-order valence-electron chi connectivity index (χ2n) is 3.51. The van der Waals surface area contributed by atoms with E-state index >= 15 is 0 Å². The Hall–Kier alpha value is -1.68. The van der Waals surface area contributed by atoms with Crippen molar-refractivity contribution in [3.05, 3.63) is 52.0 Å². The first kappa shape index (κ1) is 11.8. The van der Waals surface area contributed by atoms with E-state index in [0.29, 0.717) is 16.2 Å². The molecule has 2 nitrogen and oxygen atoms in total. The van der Waals surface area contributed by atoms with E-state index in [1.54, 1.807) is 29.6 Å². The average Bonchev–Trinajstić information content (AvgIpc) is 2.80. The summed E-state index contributed by atoms with van der Waals surface area (Å²) in [6.07, 6.45) is 0.0591. The lowest BCUT2D eigenvalue weighted by Crippen LogP contribution is -2.04. The summed E-state index contributed by atoms with van der Waals surface area (Å²) >= 11 is 1.31. The predicted molar refractivity (Wildman–Crippen MR) is 65.3 cm³/mol. The molecule has 0 aliphatic heterocycles. The number of hydrogen-bond acceptors (Lipinski definition) is 3. The first-order chi connectivity index (χ1) is 8.22. The Kier molecular flexibility index (Phi) is 3.54. The summed E-state index contributed by atoms with van der Waals surface area (Å²) in [4.78, 5) is 12.5. The molecule has 0 aliphatic rings. The number of carbonyl (C=O) groups is 1. The van der Waals surface area contributed by atoms with Crippen LogP contribution in [0.5, 0.6) is 5.75 Å². The van der Waals surface area contributed by atoms with Crippen LogP contribution in [0, 0.1) is 5.82 Å². The van der Waals surface area contributed by atoms with E-state index in [-0.39, 0.29) is 18.0 Å². The van der Waals surface area contributed by atoms with Crippen molar-refractivity contribution in [1.29, 1.82) is 0 Å². The van der Waals surface area contributed by atoms with Crippen LogP contribution in [0.15, 0.2) is 35.7 Å². The second-order valence-corrected chi connectivity index (χ2v) is 4.43. The molecule has 0 unspecified atom stereocenters. The minimum atomic E-state index is -0.351. The fourth-order valence-corrected chi connectivity index (χ4v) is 2.36. The van der Waals surface area contributed by atoms with Gasteiger partial charge in [0.2, 0.25) is 0 Å². The molecular weight excluding hydrogens is 239 g/mol. The fraction of sp³-hybridized carbons (Fsp3) is 0.154. The van der Waals surface area contributed by atoms with E-state index in [1.165, 1.54) is 24.5 Å². The van der Waals surface area contributed by atoms with E-state index in [0.717, 1.165) is 0 Å². The molecule has 2 aromatic rings. The van der Waals surface area contributed by atoms with Gasteiger partial charge in [-0.2, -0.15) is 0 Å². The molecule has 0 fully saturated rings. The highest BCUT2D eigenvalue weighted by Gasteiger charge is 2.15. The van der Waals surface area contributed by atoms with Crippen molar-refractivity contribution in [2.45, 2.75) is 6.42 Å². The van der Waals surface area contributed by atoms with Crippen molar-refractivity contribution >= 4 is 17.1 Å². The Morgan fingerprint density at radius 3 is 2.82 bits per heavy atom. The van der Waals surface area contributed by atoms with Crippen LogP contribution in [-0.4, -0.2) is 12.9 Å². The lowest BCUT2D eigenvalue weighted by atomic mass is 10.1. The third kappa shape index (κ3) is 2.53. The van der Waals surface area contributed by atoms with Crippen LogP contribution in [0.25, 0.3) is 0 Å². The largest absolute Gasteiger partial charge is 0.495 e. The molecule has 1 aromatic carbocycles. The van der Waals surface area contributed by atoms with Crippen LogP contribution in [0.4, 0.5) is 4.39 Å². The standard InChI is InChI=1S/C13H11FO2S/c1-16-12-6-7-17-13(12)11(15)8-9-4-2-3-5-10(9)14/h2-7H,8H2,1H3. The molecule has 1 aromatic heterocycles. The van der Waals surface area contributed by atoms with Crippen molar-refractivity contribution in [2.75, 3.05) is 7.11 Å². The lowest BCUT2D eigenvalue weighted by Gasteiger charge is -2.03. The maximum Gasteiger partial charge on any atom is 0.181 e. The maximum absolute atomic E-state index is 13.4. The summed E-state index contributed by atoms with van der Waals surface area (Å²) in [5.41, 5.74) is 0.410. The summed E-state index contributed by atoms with van der Waals surface area (Å²) in [5.74, 6) is 0.0784. The molecule has 0 atom stereocenters. The molecule has 0 N–H and O–H groups in total. The predicted octanol–water partition coefficient (Wildman–Crippen LogP) is 3.32. The second kappa shape index (κ2) is 5.10. The van der Waals surface area contributed by atoms with Crippen LogP contribution in [0.1, 0.15) is 15.2 Å². The topological polar surface area (TPSA) is 26.3 Å². The van der Waals surface area contributed by atoms with Crippen LogP contribution < -0.4 is 4.74 Å². The van der Waals surface area contributed by atoms with E-state index in [2.05, 4.69) is 0 Å². The zero-order valence-electron chi connectivity index (χ0n) is 9.27. The van der Waals surface area contributed by atoms with E-state index in [1.807, 2.05) is 0 Å². The molecule has 88 valence electrons. The highest BCUT2D eigenvalue weighted by atomic mass is 32.1. The number of Topliss-reactive ketones (excluding diaryl/α,β-unsaturated/α-hetero) is 1. The van der Waals surface area contributed by atoms with Crippen molar-refractivity contribution in [3.8, 4) is 5.75 Å². The first-order valence-electron chi connectivity index (χ1n) is 5.10. The fourth-order valence-electron chi connectivity index (χ4n) is 1.56. The number of carbonyl (C=O) groups excluding carboxylic acids is 1. The lowest BCUT2D eigenvalue weighted by molar-refractivity contribution is 0.0993. The molecule has 0 bridgehead atoms. The molecule has 17 heavy (non-hydrogen) atoms. The smallest absolute Gasteiger partial charge is 0.181 e. The SMILES string of the molecule is COc1ccsc1C(=O)Cc1ccccc1F. The van der Waals surface area contributed by atoms with Gasteiger partial charge in [-0.3, -0.25) is 4.79 Å². The molecule has 2 rings (SSSR count). The number of ketones is 1. The zero-order chi connectivity index (χ0) is 12.3. The third-order valence-corrected chi connectivity index (χ3v) is 3.35. The zero-order valence-corrected chi connectivity index (χ0v) is 10.1. The summed E-state index contributed by atoms with van der Waals surface area (Å²) < 4.78 is 18.5. The highest BCUT2D eigenvalue weighted by molar-refractivity contribution is 7.12. The first-order valence-corrected chi connectivity index (χ1v) is 5.98. The monoisotopic (exact) mass is 250 g/mol. The van der Waals surface area contributed by atoms with Gasteiger partial charge in [0.1, 0.15) is 16.4 Å². The molecule has 1 heterocycles. The molecule has 0 aliphatic carbocycles. The van der Waals surface area contributed by atoms with Crippen molar-refractivity contribution < 1.29 is 13.9 Å². The van der Waals surface area contributed by atoms with Gasteiger partial charge < -0.3 is 4.74 Å². The Morgan fingerprint density at radius 1 is 1.35 bits per heavy atom. The van der Waals surface area contributed by atoms with Crippen LogP contribution in [-0.2, 0) is 6.42 Å². The van der Waals surface area contributed by atoms with Gasteiger partial charge in [0.05, 0.1) is 7.11 Å². The van der Waals surface area contributed by atoms with Gasteiger partial charge in [-0.1, -0.05) is 18.2 Å². The Labute approximate surface area is 103 Å². The van der Waals surface area contributed by atoms with Gasteiger partial charge >= 0.3 is 0 Å². The summed E-state index contributed by atoms with van der Waals surface area (Å²) in [6.45, 7) is 0. The highest BCUT2D eigenvalue weighted by Crippen LogP contribution is 2.26. The van der Waals surface area contributed by atoms with Crippen molar-refractivity contribution in [3.63, 3.8) is 0 Å². The minimum Gasteiger partial charge on any atom is -0.495 e. The van der Waals surface area contributed by atoms with Gasteiger partial charge in [-0.05, 0) is 23.1 Å². The number of ether oxygens (including phenoxy) is 1. The molecule has 0 radical (unpaired) electrons. The van der Waals surface area contributed by atoms with Gasteiger partial charge in [-0.15, -0.1) is 11.3 Å². The number of thiophene rings is 1. The summed E-state index contributed by atoms with van der Waals surface area (Å²) in [6, 6.07) is 8.03. The number of halogens is 1. The Morgan fingerprint density at radius 2 is 2.12 bits per heavy atom. The van der Waals surface area contributed by atoms with E-state index in [9.17, 15) is 9.18 Å². The van der Waals surface area contributed by atoms with Crippen molar-refractivity contribution in [2.24, 2.45) is 0 Å². The molecule has 0 saturated heterocycles. The number of methoxy groups -OCH3 is 1. The third-order valence-electron chi connectivity index (χ3n) is 2.41. The molecule has 0 saturated carbocycles. The molecular formula is C13H11FO2S. The van der Waals surface area contributed by atoms with Crippen molar-refractivity contribution in [1.82, 2.24) is 0 Å². The maximum atomic E-state index is 13.4. The van der Waals surface area contributed by atoms with Gasteiger partial charge in [0, 0.05) is 6.42 Å². The van der Waals surface area contributed by atoms with Gasteiger partial charge in [0.25, 0.3) is 0 Å². The molecule has 0 amide bonds. The van der Waals surface area contributed by atoms with E-state index < -0.39 is 0 Å². The quantitative estimate of drug-likeness (QED) is 0.778. The number of hydrogen-bond donors (Lipinski definition) is 0. The van der Waals surface area contributed by atoms with Crippen LogP contribution >= 0.6 is 11.3 Å². The summed E-state index contributed by atoms with van der Waals surface area (Å²) in [5, 5.41) is 1.79. The minimum absolute atomic E-state index is 0.0591. The normalized spacial score (nSPS) is 10.2. The van der Waals surface area contributed by atoms with Crippen LogP contribution in [0.2, 0.25) is 0 Å². The average molecular weight is 250 g/mol.